The van der Waals surface area contributed by atoms with Crippen molar-refractivity contribution in [2.75, 3.05) is 0 Å². The molecule has 1 aromatic carbocycles. The molecule has 6 nitrogen and oxygen atoms in total. The molecule has 3 N–H and O–H groups in total. The third kappa shape index (κ3) is 2.75. The van der Waals surface area contributed by atoms with Crippen LogP contribution in [0.3, 0.4) is 0 Å². The van der Waals surface area contributed by atoms with Gasteiger partial charge in [0.15, 0.2) is 0 Å². The quantitative estimate of drug-likeness (QED) is 0.783. The maximum absolute atomic E-state index is 12.0. The fraction of sp³-hybridized carbons (Fsp3) is 0.333. The molecule has 2 atom stereocenters. The number of carbonyl (C=O) groups excluding carboxylic acids is 1. The van der Waals surface area contributed by atoms with E-state index in [1.54, 1.807) is 10.9 Å². The highest BCUT2D eigenvalue weighted by molar-refractivity contribution is 5.74. The molecule has 3 rings (SSSR count). The molecule has 1 heterocycles. The highest BCUT2D eigenvalue weighted by Gasteiger charge is 2.31. The summed E-state index contributed by atoms with van der Waals surface area (Å²) in [5.41, 5.74) is 2.99. The minimum absolute atomic E-state index is 0.294. The number of benzene rings is 1. The van der Waals surface area contributed by atoms with E-state index in [0.717, 1.165) is 16.8 Å². The van der Waals surface area contributed by atoms with Crippen LogP contribution < -0.4 is 10.6 Å². The Morgan fingerprint density at radius 1 is 1.43 bits per heavy atom. The number of aryl methyl sites for hydroxylation is 1. The van der Waals surface area contributed by atoms with Gasteiger partial charge in [0.1, 0.15) is 0 Å². The minimum Gasteiger partial charge on any atom is -0.390 e. The fourth-order valence-electron chi connectivity index (χ4n) is 2.69. The van der Waals surface area contributed by atoms with E-state index in [1.165, 1.54) is 0 Å². The first-order valence-corrected chi connectivity index (χ1v) is 6.92. The zero-order valence-corrected chi connectivity index (χ0v) is 11.8. The maximum Gasteiger partial charge on any atom is 0.315 e. The van der Waals surface area contributed by atoms with E-state index < -0.39 is 6.10 Å². The van der Waals surface area contributed by atoms with Crippen LogP contribution in [0, 0.1) is 0 Å². The van der Waals surface area contributed by atoms with Crippen molar-refractivity contribution < 1.29 is 9.90 Å². The standard InChI is InChI=1S/C15H18N4O2/c1-19-11(6-7-17-19)9-16-15(21)18-14-12-5-3-2-4-10(12)8-13(14)20/h2-7,13-14,20H,8-9H2,1H3,(H2,16,18,21)/t13-,14+/m0/s1. The number of urea groups is 1. The zero-order valence-electron chi connectivity index (χ0n) is 11.8. The predicted molar refractivity (Wildman–Crippen MR) is 77.5 cm³/mol. The summed E-state index contributed by atoms with van der Waals surface area (Å²) in [6.07, 6.45) is 1.68. The van der Waals surface area contributed by atoms with Crippen LogP contribution in [0.1, 0.15) is 22.9 Å². The number of aliphatic hydroxyl groups is 1. The summed E-state index contributed by atoms with van der Waals surface area (Å²) in [6.45, 7) is 0.396. The Labute approximate surface area is 122 Å². The topological polar surface area (TPSA) is 79.2 Å². The van der Waals surface area contributed by atoms with Crippen LogP contribution >= 0.6 is 0 Å². The van der Waals surface area contributed by atoms with Gasteiger partial charge in [-0.2, -0.15) is 5.10 Å². The van der Waals surface area contributed by atoms with E-state index in [9.17, 15) is 9.90 Å². The van der Waals surface area contributed by atoms with E-state index in [-0.39, 0.29) is 12.1 Å². The number of carbonyl (C=O) groups is 1. The molecule has 0 radical (unpaired) electrons. The van der Waals surface area contributed by atoms with Crippen LogP contribution in [0.15, 0.2) is 36.5 Å². The van der Waals surface area contributed by atoms with Gasteiger partial charge >= 0.3 is 6.03 Å². The summed E-state index contributed by atoms with van der Waals surface area (Å²) in [7, 11) is 1.83. The zero-order chi connectivity index (χ0) is 14.8. The second kappa shape index (κ2) is 5.57. The molecule has 6 heteroatoms. The highest BCUT2D eigenvalue weighted by atomic mass is 16.3. The first-order chi connectivity index (χ1) is 10.1. The Hall–Kier alpha value is -2.34. The number of nitrogens with one attached hydrogen (secondary N) is 2. The molecule has 0 unspecified atom stereocenters. The third-order valence-corrected chi connectivity index (χ3v) is 3.84. The number of aliphatic hydroxyl groups excluding tert-OH is 1. The summed E-state index contributed by atoms with van der Waals surface area (Å²) in [4.78, 5) is 12.0. The average Bonchev–Trinajstić information content (AvgIpc) is 3.01. The van der Waals surface area contributed by atoms with E-state index in [1.807, 2.05) is 37.4 Å². The fourth-order valence-corrected chi connectivity index (χ4v) is 2.69. The molecule has 2 amide bonds. The molecular weight excluding hydrogens is 268 g/mol. The normalized spacial score (nSPS) is 20.1. The lowest BCUT2D eigenvalue weighted by Gasteiger charge is -2.18. The van der Waals surface area contributed by atoms with E-state index in [2.05, 4.69) is 15.7 Å². The molecule has 2 aromatic rings. The van der Waals surface area contributed by atoms with E-state index in [4.69, 9.17) is 0 Å². The SMILES string of the molecule is Cn1nccc1CNC(=O)N[C@@H]1c2ccccc2C[C@@H]1O. The summed E-state index contributed by atoms with van der Waals surface area (Å²) in [5, 5.41) is 19.8. The van der Waals surface area contributed by atoms with Crippen LogP contribution in [0.2, 0.25) is 0 Å². The first-order valence-electron chi connectivity index (χ1n) is 6.92. The Morgan fingerprint density at radius 2 is 2.24 bits per heavy atom. The highest BCUT2D eigenvalue weighted by Crippen LogP contribution is 2.30. The van der Waals surface area contributed by atoms with Gasteiger partial charge in [0.2, 0.25) is 0 Å². The van der Waals surface area contributed by atoms with Crippen LogP contribution in [0.5, 0.6) is 0 Å². The van der Waals surface area contributed by atoms with Crippen molar-refractivity contribution >= 4 is 6.03 Å². The number of fused-ring (bicyclic) bond motifs is 1. The molecule has 0 bridgehead atoms. The van der Waals surface area contributed by atoms with E-state index >= 15 is 0 Å². The van der Waals surface area contributed by atoms with E-state index in [0.29, 0.717) is 13.0 Å². The molecule has 0 saturated carbocycles. The summed E-state index contributed by atoms with van der Waals surface area (Å²) >= 11 is 0. The molecule has 21 heavy (non-hydrogen) atoms. The van der Waals surface area contributed by atoms with Crippen LogP contribution in [0.4, 0.5) is 4.79 Å². The molecule has 1 aliphatic carbocycles. The van der Waals surface area contributed by atoms with Crippen molar-refractivity contribution in [3.05, 3.63) is 53.3 Å². The largest absolute Gasteiger partial charge is 0.390 e. The molecule has 0 saturated heterocycles. The minimum atomic E-state index is -0.579. The lowest BCUT2D eigenvalue weighted by Crippen LogP contribution is -2.40. The second-order valence-corrected chi connectivity index (χ2v) is 5.22. The van der Waals surface area contributed by atoms with Crippen molar-refractivity contribution in [1.82, 2.24) is 20.4 Å². The number of amides is 2. The van der Waals surface area contributed by atoms with Gasteiger partial charge in [-0.15, -0.1) is 0 Å². The Morgan fingerprint density at radius 3 is 3.00 bits per heavy atom. The van der Waals surface area contributed by atoms with Gasteiger partial charge in [0.05, 0.1) is 24.4 Å². The van der Waals surface area contributed by atoms with Gasteiger partial charge in [0, 0.05) is 19.7 Å². The van der Waals surface area contributed by atoms with Crippen molar-refractivity contribution in [1.29, 1.82) is 0 Å². The monoisotopic (exact) mass is 286 g/mol. The summed E-state index contributed by atoms with van der Waals surface area (Å²) < 4.78 is 1.71. The van der Waals surface area contributed by atoms with Crippen molar-refractivity contribution in [2.24, 2.45) is 7.05 Å². The number of hydrogen-bond donors (Lipinski definition) is 3. The Bertz CT molecular complexity index is 653. The molecule has 1 aliphatic rings. The third-order valence-electron chi connectivity index (χ3n) is 3.84. The molecular formula is C15H18N4O2. The molecule has 0 spiro atoms. The second-order valence-electron chi connectivity index (χ2n) is 5.22. The lowest BCUT2D eigenvalue weighted by molar-refractivity contribution is 0.142. The Kier molecular flexibility index (Phi) is 3.62. The molecule has 0 fully saturated rings. The van der Waals surface area contributed by atoms with Crippen molar-refractivity contribution in [2.45, 2.75) is 25.1 Å². The van der Waals surface area contributed by atoms with Gasteiger partial charge in [-0.1, -0.05) is 24.3 Å². The van der Waals surface area contributed by atoms with Gasteiger partial charge in [-0.25, -0.2) is 4.79 Å². The van der Waals surface area contributed by atoms with Crippen LogP contribution in [0.25, 0.3) is 0 Å². The number of nitrogens with zero attached hydrogens (tertiary/aromatic N) is 2. The first kappa shape index (κ1) is 13.6. The van der Waals surface area contributed by atoms with Crippen LogP contribution in [-0.2, 0) is 20.0 Å². The van der Waals surface area contributed by atoms with Crippen molar-refractivity contribution in [3.63, 3.8) is 0 Å². The number of rotatable bonds is 3. The smallest absolute Gasteiger partial charge is 0.315 e. The lowest BCUT2D eigenvalue weighted by atomic mass is 10.1. The van der Waals surface area contributed by atoms with Gasteiger partial charge in [0.25, 0.3) is 0 Å². The average molecular weight is 286 g/mol. The maximum atomic E-state index is 12.0. The number of hydrogen-bond acceptors (Lipinski definition) is 3. The van der Waals surface area contributed by atoms with Crippen LogP contribution in [-0.4, -0.2) is 27.0 Å². The van der Waals surface area contributed by atoms with Gasteiger partial charge in [-0.05, 0) is 17.2 Å². The van der Waals surface area contributed by atoms with Gasteiger partial charge in [-0.3, -0.25) is 4.68 Å². The number of aromatic nitrogens is 2. The Balaban J connectivity index is 1.61. The summed E-state index contributed by atoms with van der Waals surface area (Å²) in [6, 6.07) is 8.98. The molecule has 0 aliphatic heterocycles. The van der Waals surface area contributed by atoms with Crippen molar-refractivity contribution in [3.8, 4) is 0 Å². The molecule has 1 aromatic heterocycles. The predicted octanol–water partition coefficient (Wildman–Crippen LogP) is 0.878. The molecule has 110 valence electrons. The van der Waals surface area contributed by atoms with Gasteiger partial charge < -0.3 is 15.7 Å². The summed E-state index contributed by atoms with van der Waals surface area (Å²) in [5.74, 6) is 0.